The molecular formula is C81H70BN3O2. The summed E-state index contributed by atoms with van der Waals surface area (Å²) in [6.45, 7) is 22.7. The number of anilines is 9. The number of hydrogen-bond donors (Lipinski definition) is 0. The summed E-state index contributed by atoms with van der Waals surface area (Å²) in [5, 5.41) is 4.31. The third kappa shape index (κ3) is 9.07. The van der Waals surface area contributed by atoms with Gasteiger partial charge in [0.2, 0.25) is 0 Å². The average molecular weight is 1130 g/mol. The van der Waals surface area contributed by atoms with E-state index in [1.807, 2.05) is 0 Å². The summed E-state index contributed by atoms with van der Waals surface area (Å²) in [5.41, 5.74) is 24.3. The number of rotatable bonds is 8. The normalized spacial score (nSPS) is 13.1. The molecule has 0 N–H and O–H groups in total. The van der Waals surface area contributed by atoms with Gasteiger partial charge in [0, 0.05) is 78.0 Å². The fourth-order valence-corrected chi connectivity index (χ4v) is 13.6. The highest BCUT2D eigenvalue weighted by molar-refractivity contribution is 7.00. The van der Waals surface area contributed by atoms with Crippen LogP contribution in [0.15, 0.2) is 251 Å². The molecule has 13 aromatic rings. The number of furan rings is 2. The van der Waals surface area contributed by atoms with Crippen molar-refractivity contribution in [1.82, 2.24) is 0 Å². The lowest BCUT2D eigenvalue weighted by Gasteiger charge is -2.44. The van der Waals surface area contributed by atoms with Gasteiger partial charge in [-0.1, -0.05) is 226 Å². The van der Waals surface area contributed by atoms with E-state index in [0.717, 1.165) is 118 Å². The van der Waals surface area contributed by atoms with E-state index in [-0.39, 0.29) is 23.0 Å². The van der Waals surface area contributed by atoms with E-state index >= 15 is 0 Å². The quantitative estimate of drug-likeness (QED) is 0.142. The molecule has 0 saturated heterocycles. The summed E-state index contributed by atoms with van der Waals surface area (Å²) in [6, 6.07) is 89.9. The largest absolute Gasteiger partial charge is 0.455 e. The molecular weight excluding hydrogens is 1060 g/mol. The molecule has 2 aromatic heterocycles. The molecule has 0 saturated carbocycles. The van der Waals surface area contributed by atoms with E-state index in [9.17, 15) is 0 Å². The monoisotopic (exact) mass is 1130 g/mol. The molecule has 11 aromatic carbocycles. The maximum Gasteiger partial charge on any atom is 0.252 e. The zero-order valence-electron chi connectivity index (χ0n) is 51.3. The predicted molar refractivity (Wildman–Crippen MR) is 369 cm³/mol. The van der Waals surface area contributed by atoms with Gasteiger partial charge < -0.3 is 23.5 Å². The molecule has 2 aliphatic rings. The maximum atomic E-state index is 7.24. The SMILES string of the molecule is Cc1cc2c3c(c1)N(c1cccc4c1oc1ccccc14)c1cc(N(c4ccc(C(C)(C)C)cc4)c4ccc(C(C)(C)C)cc4-c4ccccc4)ccc1B3c1cc3c(-c4ccccc4)oc(-c4ccccc4)c3cc1N2c1ccc(C(C)(C)C)cc1. The summed E-state index contributed by atoms with van der Waals surface area (Å²) < 4.78 is 14.3. The molecule has 87 heavy (non-hydrogen) atoms. The first-order valence-corrected chi connectivity index (χ1v) is 30.7. The first kappa shape index (κ1) is 53.9. The van der Waals surface area contributed by atoms with Gasteiger partial charge in [0.1, 0.15) is 17.1 Å². The number of hydrogen-bond acceptors (Lipinski definition) is 5. The Bertz CT molecular complexity index is 4810. The lowest BCUT2D eigenvalue weighted by Crippen LogP contribution is -2.61. The van der Waals surface area contributed by atoms with Crippen LogP contribution >= 0.6 is 0 Å². The van der Waals surface area contributed by atoms with Crippen molar-refractivity contribution in [3.63, 3.8) is 0 Å². The number of benzene rings is 11. The minimum absolute atomic E-state index is 0.0293. The molecule has 0 atom stereocenters. The Morgan fingerprint density at radius 2 is 0.897 bits per heavy atom. The van der Waals surface area contributed by atoms with Gasteiger partial charge in [0.25, 0.3) is 6.71 Å². The average Bonchev–Trinajstić information content (AvgIpc) is 1.46. The highest BCUT2D eigenvalue weighted by Gasteiger charge is 2.45. The van der Waals surface area contributed by atoms with Gasteiger partial charge in [-0.05, 0) is 146 Å². The highest BCUT2D eigenvalue weighted by Crippen LogP contribution is 2.52. The summed E-state index contributed by atoms with van der Waals surface area (Å²) in [6.07, 6.45) is 0. The van der Waals surface area contributed by atoms with Crippen LogP contribution in [-0.4, -0.2) is 6.71 Å². The molecule has 0 aliphatic carbocycles. The Labute approximate surface area is 511 Å². The van der Waals surface area contributed by atoms with Gasteiger partial charge in [-0.3, -0.25) is 0 Å². The van der Waals surface area contributed by atoms with Crippen molar-refractivity contribution in [2.75, 3.05) is 14.7 Å². The highest BCUT2D eigenvalue weighted by atomic mass is 16.3. The number of nitrogens with zero attached hydrogens (tertiary/aromatic N) is 3. The van der Waals surface area contributed by atoms with Crippen LogP contribution in [0.3, 0.4) is 0 Å². The number of para-hydroxylation sites is 2. The van der Waals surface area contributed by atoms with Crippen molar-refractivity contribution in [3.8, 4) is 33.8 Å². The van der Waals surface area contributed by atoms with Crippen molar-refractivity contribution in [2.45, 2.75) is 85.5 Å². The van der Waals surface area contributed by atoms with Crippen LogP contribution in [0, 0.1) is 6.92 Å². The molecule has 15 rings (SSSR count). The molecule has 2 aliphatic heterocycles. The van der Waals surface area contributed by atoms with E-state index < -0.39 is 0 Å². The topological polar surface area (TPSA) is 36.0 Å². The van der Waals surface area contributed by atoms with Crippen LogP contribution in [-0.2, 0) is 16.2 Å². The van der Waals surface area contributed by atoms with Gasteiger partial charge in [-0.25, -0.2) is 0 Å². The van der Waals surface area contributed by atoms with Gasteiger partial charge in [0.05, 0.1) is 11.4 Å². The minimum Gasteiger partial charge on any atom is -0.455 e. The van der Waals surface area contributed by atoms with Gasteiger partial charge in [0.15, 0.2) is 5.58 Å². The second-order valence-electron chi connectivity index (χ2n) is 27.0. The van der Waals surface area contributed by atoms with Gasteiger partial charge in [-0.15, -0.1) is 0 Å². The third-order valence-corrected chi connectivity index (χ3v) is 18.2. The van der Waals surface area contributed by atoms with Crippen LogP contribution < -0.4 is 31.1 Å². The van der Waals surface area contributed by atoms with Crippen LogP contribution in [0.1, 0.15) is 84.6 Å². The van der Waals surface area contributed by atoms with Crippen molar-refractivity contribution in [1.29, 1.82) is 0 Å². The fraction of sp³-hybridized carbons (Fsp3) is 0.160. The molecule has 0 fully saturated rings. The predicted octanol–water partition coefficient (Wildman–Crippen LogP) is 21.1. The molecule has 0 unspecified atom stereocenters. The zero-order valence-corrected chi connectivity index (χ0v) is 51.3. The lowest BCUT2D eigenvalue weighted by atomic mass is 9.33. The molecule has 4 heterocycles. The number of fused-ring (bicyclic) bond motifs is 8. The van der Waals surface area contributed by atoms with Gasteiger partial charge >= 0.3 is 0 Å². The van der Waals surface area contributed by atoms with E-state index in [1.165, 1.54) is 38.6 Å². The molecule has 5 nitrogen and oxygen atoms in total. The van der Waals surface area contributed by atoms with E-state index in [1.54, 1.807) is 0 Å². The van der Waals surface area contributed by atoms with Crippen LogP contribution in [0.25, 0.3) is 66.5 Å². The Morgan fingerprint density at radius 1 is 0.368 bits per heavy atom. The third-order valence-electron chi connectivity index (χ3n) is 18.2. The Balaban J connectivity index is 1.06. The second kappa shape index (κ2) is 20.2. The van der Waals surface area contributed by atoms with Crippen molar-refractivity contribution in [3.05, 3.63) is 265 Å². The molecule has 424 valence electrons. The summed E-state index contributed by atoms with van der Waals surface area (Å²) >= 11 is 0. The second-order valence-corrected chi connectivity index (χ2v) is 27.0. The Morgan fingerprint density at radius 3 is 1.53 bits per heavy atom. The Hall–Kier alpha value is -9.78. The summed E-state index contributed by atoms with van der Waals surface area (Å²) in [5.74, 6) is 1.71. The molecule has 0 bridgehead atoms. The van der Waals surface area contributed by atoms with Crippen LogP contribution in [0.5, 0.6) is 0 Å². The Kier molecular flexibility index (Phi) is 12.5. The fourth-order valence-electron chi connectivity index (χ4n) is 13.6. The maximum absolute atomic E-state index is 7.24. The van der Waals surface area contributed by atoms with Crippen molar-refractivity contribution >= 4 is 107 Å². The lowest BCUT2D eigenvalue weighted by molar-refractivity contribution is 0.590. The summed E-state index contributed by atoms with van der Waals surface area (Å²) in [7, 11) is 0. The number of aryl methyl sites for hydroxylation is 1. The molecule has 0 amide bonds. The summed E-state index contributed by atoms with van der Waals surface area (Å²) in [4.78, 5) is 7.55. The van der Waals surface area contributed by atoms with Crippen molar-refractivity contribution in [2.24, 2.45) is 0 Å². The van der Waals surface area contributed by atoms with E-state index in [2.05, 4.69) is 327 Å². The zero-order chi connectivity index (χ0) is 59.7. The molecule has 0 radical (unpaired) electrons. The first-order chi connectivity index (χ1) is 42.0. The van der Waals surface area contributed by atoms with Crippen LogP contribution in [0.4, 0.5) is 51.2 Å². The van der Waals surface area contributed by atoms with Crippen LogP contribution in [0.2, 0.25) is 0 Å². The van der Waals surface area contributed by atoms with Gasteiger partial charge in [-0.2, -0.15) is 0 Å². The van der Waals surface area contributed by atoms with E-state index in [0.29, 0.717) is 0 Å². The van der Waals surface area contributed by atoms with Crippen molar-refractivity contribution < 1.29 is 8.83 Å². The van der Waals surface area contributed by atoms with E-state index in [4.69, 9.17) is 8.83 Å². The smallest absolute Gasteiger partial charge is 0.252 e. The standard InChI is InChI=1S/C81H70BN3O2/c1-51-45-72-75-73(46-51)85(69-31-22-30-62-61-29-20-21-32-74(61)86-78(62)69)70-48-60(83(58-38-33-55(34-39-58)79(2,3)4)68-44-37-57(81(8,9)10)47-63(68)52-23-14-11-15-24-52)42-43-66(70)82(75)67-49-64-65(50-71(67)84(72)59-40-35-56(36-41-59)80(5,6)7)77(54-27-18-13-19-28-54)87-76(64)53-25-16-12-17-26-53/h11-50H,1-10H3. The first-order valence-electron chi connectivity index (χ1n) is 30.7. The molecule has 6 heteroatoms. The minimum atomic E-state index is -0.209. The molecule has 0 spiro atoms.